The zero-order valence-electron chi connectivity index (χ0n) is 6.52. The highest BCUT2D eigenvalue weighted by Gasteiger charge is 2.31. The van der Waals surface area contributed by atoms with E-state index >= 15 is 0 Å². The van der Waals surface area contributed by atoms with Gasteiger partial charge in [-0.3, -0.25) is 10.2 Å². The Balaban J connectivity index is 2.05. The topological polar surface area (TPSA) is 15.0 Å². The lowest BCUT2D eigenvalue weighted by molar-refractivity contribution is 0.453. The molecular formula is C7H16N2. The first-order chi connectivity index (χ1) is 4.24. The number of likely N-dealkylation sites (N-methyl/N-ethyl adjacent to an activating group) is 1. The minimum atomic E-state index is 0.631. The zero-order valence-corrected chi connectivity index (χ0v) is 6.52. The van der Waals surface area contributed by atoms with Gasteiger partial charge in [-0.1, -0.05) is 6.92 Å². The summed E-state index contributed by atoms with van der Waals surface area (Å²) >= 11 is 0. The van der Waals surface area contributed by atoms with Crippen LogP contribution < -0.4 is 5.32 Å². The van der Waals surface area contributed by atoms with Gasteiger partial charge in [0.25, 0.3) is 0 Å². The molecule has 9 heavy (non-hydrogen) atoms. The Morgan fingerprint density at radius 1 is 1.67 bits per heavy atom. The quantitative estimate of drug-likeness (QED) is 0.561. The summed E-state index contributed by atoms with van der Waals surface area (Å²) in [5.74, 6) is 0. The van der Waals surface area contributed by atoms with E-state index in [1.54, 1.807) is 0 Å². The Hall–Kier alpha value is -0.0800. The van der Waals surface area contributed by atoms with Gasteiger partial charge in [0.2, 0.25) is 0 Å². The molecule has 1 aliphatic heterocycles. The molecule has 0 aromatic rings. The number of hydrogen-bond donors (Lipinski definition) is 1. The monoisotopic (exact) mass is 128 g/mol. The molecule has 0 amide bonds. The fourth-order valence-electron chi connectivity index (χ4n) is 1.07. The van der Waals surface area contributed by atoms with E-state index in [-0.39, 0.29) is 0 Å². The van der Waals surface area contributed by atoms with Crippen molar-refractivity contribution in [3.8, 4) is 0 Å². The summed E-state index contributed by atoms with van der Waals surface area (Å²) in [5.41, 5.74) is 0. The van der Waals surface area contributed by atoms with Crippen LogP contribution >= 0.6 is 0 Å². The average Bonchev–Trinajstić information content (AvgIpc) is 2.45. The van der Waals surface area contributed by atoms with Gasteiger partial charge >= 0.3 is 0 Å². The lowest BCUT2D eigenvalue weighted by Crippen LogP contribution is -2.28. The van der Waals surface area contributed by atoms with Crippen molar-refractivity contribution in [3.05, 3.63) is 0 Å². The second-order valence-corrected chi connectivity index (χ2v) is 2.92. The van der Waals surface area contributed by atoms with Crippen molar-refractivity contribution in [2.75, 3.05) is 13.1 Å². The Morgan fingerprint density at radius 3 is 2.67 bits per heavy atom. The van der Waals surface area contributed by atoms with Gasteiger partial charge in [-0.05, 0) is 20.4 Å². The van der Waals surface area contributed by atoms with E-state index in [9.17, 15) is 0 Å². The molecule has 2 unspecified atom stereocenters. The minimum Gasteiger partial charge on any atom is -0.298 e. The first-order valence-electron chi connectivity index (χ1n) is 3.74. The molecule has 0 aliphatic carbocycles. The van der Waals surface area contributed by atoms with Crippen molar-refractivity contribution in [1.82, 2.24) is 10.2 Å². The molecule has 0 radical (unpaired) electrons. The van der Waals surface area contributed by atoms with Gasteiger partial charge in [-0.15, -0.1) is 0 Å². The van der Waals surface area contributed by atoms with Crippen LogP contribution in [0.3, 0.4) is 0 Å². The number of nitrogens with zero attached hydrogens (tertiary/aromatic N) is 1. The van der Waals surface area contributed by atoms with Gasteiger partial charge in [0.05, 0.1) is 6.17 Å². The molecule has 1 heterocycles. The maximum Gasteiger partial charge on any atom is 0.0731 e. The lowest BCUT2D eigenvalue weighted by atomic mass is 10.4. The summed E-state index contributed by atoms with van der Waals surface area (Å²) in [7, 11) is 0. The van der Waals surface area contributed by atoms with Crippen LogP contribution in [0.1, 0.15) is 20.8 Å². The van der Waals surface area contributed by atoms with Gasteiger partial charge in [-0.2, -0.15) is 0 Å². The van der Waals surface area contributed by atoms with E-state index in [1.165, 1.54) is 13.1 Å². The largest absolute Gasteiger partial charge is 0.298 e. The van der Waals surface area contributed by atoms with Crippen molar-refractivity contribution in [3.63, 3.8) is 0 Å². The molecule has 1 fully saturated rings. The Morgan fingerprint density at radius 2 is 2.33 bits per heavy atom. The van der Waals surface area contributed by atoms with Gasteiger partial charge in [-0.25, -0.2) is 0 Å². The Bertz CT molecular complexity index is 90.9. The molecule has 1 aliphatic rings. The van der Waals surface area contributed by atoms with E-state index < -0.39 is 0 Å². The maximum absolute atomic E-state index is 3.44. The standard InChI is InChI=1S/C7H16N2/c1-4-9-5-7(9)8-6(2)3/h6-8H,4-5H2,1-3H3. The summed E-state index contributed by atoms with van der Waals surface area (Å²) < 4.78 is 0. The molecule has 1 N–H and O–H groups in total. The third-order valence-corrected chi connectivity index (χ3v) is 1.65. The molecule has 2 nitrogen and oxygen atoms in total. The van der Waals surface area contributed by atoms with E-state index in [1.807, 2.05) is 0 Å². The van der Waals surface area contributed by atoms with Crippen molar-refractivity contribution in [2.45, 2.75) is 33.0 Å². The van der Waals surface area contributed by atoms with Crippen molar-refractivity contribution >= 4 is 0 Å². The van der Waals surface area contributed by atoms with E-state index in [2.05, 4.69) is 31.0 Å². The Labute approximate surface area is 57.2 Å². The Kier molecular flexibility index (Phi) is 2.09. The highest BCUT2D eigenvalue weighted by Crippen LogP contribution is 2.12. The van der Waals surface area contributed by atoms with Crippen LogP contribution in [0.25, 0.3) is 0 Å². The average molecular weight is 128 g/mol. The van der Waals surface area contributed by atoms with Crippen LogP contribution in [-0.4, -0.2) is 30.2 Å². The lowest BCUT2D eigenvalue weighted by Gasteiger charge is -2.05. The molecule has 1 saturated heterocycles. The van der Waals surface area contributed by atoms with Crippen LogP contribution in [0.4, 0.5) is 0 Å². The SMILES string of the molecule is CCN1CC1NC(C)C. The minimum absolute atomic E-state index is 0.631. The predicted octanol–water partition coefficient (Wildman–Crippen LogP) is 0.646. The van der Waals surface area contributed by atoms with E-state index in [4.69, 9.17) is 0 Å². The second-order valence-electron chi connectivity index (χ2n) is 2.92. The predicted molar refractivity (Wildman–Crippen MR) is 39.3 cm³/mol. The summed E-state index contributed by atoms with van der Waals surface area (Å²) in [6.07, 6.45) is 0.690. The van der Waals surface area contributed by atoms with Crippen LogP contribution in [0.5, 0.6) is 0 Å². The summed E-state index contributed by atoms with van der Waals surface area (Å²) in [6.45, 7) is 9.00. The van der Waals surface area contributed by atoms with Gasteiger partial charge in [0, 0.05) is 12.6 Å². The van der Waals surface area contributed by atoms with Gasteiger partial charge in [0.1, 0.15) is 0 Å². The number of rotatable bonds is 3. The maximum atomic E-state index is 3.44. The van der Waals surface area contributed by atoms with E-state index in [0.29, 0.717) is 12.2 Å². The van der Waals surface area contributed by atoms with Crippen molar-refractivity contribution < 1.29 is 0 Å². The normalized spacial score (nSPS) is 33.3. The zero-order chi connectivity index (χ0) is 6.85. The molecule has 1 rings (SSSR count). The molecule has 54 valence electrons. The summed E-state index contributed by atoms with van der Waals surface area (Å²) in [6, 6.07) is 0.631. The van der Waals surface area contributed by atoms with Crippen LogP contribution in [0, 0.1) is 0 Å². The van der Waals surface area contributed by atoms with Crippen LogP contribution in [-0.2, 0) is 0 Å². The molecule has 2 atom stereocenters. The fraction of sp³-hybridized carbons (Fsp3) is 1.00. The molecule has 2 heteroatoms. The molecule has 0 aromatic carbocycles. The first kappa shape index (κ1) is 7.03. The second kappa shape index (κ2) is 2.67. The molecular weight excluding hydrogens is 112 g/mol. The highest BCUT2D eigenvalue weighted by atomic mass is 15.4. The van der Waals surface area contributed by atoms with E-state index in [0.717, 1.165) is 0 Å². The third kappa shape index (κ3) is 1.95. The third-order valence-electron chi connectivity index (χ3n) is 1.65. The van der Waals surface area contributed by atoms with Crippen LogP contribution in [0.15, 0.2) is 0 Å². The molecule has 0 bridgehead atoms. The van der Waals surface area contributed by atoms with Crippen molar-refractivity contribution in [1.29, 1.82) is 0 Å². The molecule has 0 aromatic heterocycles. The number of hydrogen-bond acceptors (Lipinski definition) is 2. The molecule has 0 spiro atoms. The van der Waals surface area contributed by atoms with Gasteiger partial charge < -0.3 is 0 Å². The molecule has 0 saturated carbocycles. The first-order valence-corrected chi connectivity index (χ1v) is 3.74. The van der Waals surface area contributed by atoms with Gasteiger partial charge in [0.15, 0.2) is 0 Å². The van der Waals surface area contributed by atoms with Crippen molar-refractivity contribution in [2.24, 2.45) is 0 Å². The smallest absolute Gasteiger partial charge is 0.0731 e. The highest BCUT2D eigenvalue weighted by molar-refractivity contribution is 4.86. The number of nitrogens with one attached hydrogen (secondary N) is 1. The fourth-order valence-corrected chi connectivity index (χ4v) is 1.07. The summed E-state index contributed by atoms with van der Waals surface area (Å²) in [4.78, 5) is 2.40. The van der Waals surface area contributed by atoms with Crippen LogP contribution in [0.2, 0.25) is 0 Å². The summed E-state index contributed by atoms with van der Waals surface area (Å²) in [5, 5.41) is 3.44.